The zero-order valence-corrected chi connectivity index (χ0v) is 10.1. The van der Waals surface area contributed by atoms with Gasteiger partial charge in [-0.1, -0.05) is 15.9 Å². The Morgan fingerprint density at radius 1 is 1.33 bits per heavy atom. The van der Waals surface area contributed by atoms with Crippen LogP contribution >= 0.6 is 15.9 Å². The molecule has 4 heteroatoms. The first-order chi connectivity index (χ1) is 7.29. The monoisotopic (exact) mass is 270 g/mol. The smallest absolute Gasteiger partial charge is 0.0962 e. The third-order valence-electron chi connectivity index (χ3n) is 2.76. The number of piperidine rings is 1. The van der Waals surface area contributed by atoms with E-state index in [1.54, 1.807) is 0 Å². The van der Waals surface area contributed by atoms with Crippen LogP contribution < -0.4 is 10.8 Å². The number of benzene rings is 1. The van der Waals surface area contributed by atoms with Crippen molar-refractivity contribution in [1.82, 2.24) is 0 Å². The van der Waals surface area contributed by atoms with Gasteiger partial charge < -0.3 is 4.90 Å². The van der Waals surface area contributed by atoms with E-state index in [0.29, 0.717) is 0 Å². The van der Waals surface area contributed by atoms with Gasteiger partial charge in [-0.05, 0) is 37.1 Å². The zero-order chi connectivity index (χ0) is 10.7. The van der Waals surface area contributed by atoms with E-state index in [1.165, 1.54) is 5.69 Å². The van der Waals surface area contributed by atoms with Crippen LogP contribution in [0.1, 0.15) is 12.8 Å². The Morgan fingerprint density at radius 3 is 2.73 bits per heavy atom. The molecule has 1 saturated heterocycles. The summed E-state index contributed by atoms with van der Waals surface area (Å²) in [5, 5.41) is 0. The highest BCUT2D eigenvalue weighted by molar-refractivity contribution is 9.10. The van der Waals surface area contributed by atoms with Gasteiger partial charge in [-0.15, -0.1) is 0 Å². The fourth-order valence-corrected chi connectivity index (χ4v) is 2.20. The van der Waals surface area contributed by atoms with Gasteiger partial charge in [0.15, 0.2) is 0 Å². The first-order valence-corrected chi connectivity index (χ1v) is 5.95. The van der Waals surface area contributed by atoms with Gasteiger partial charge in [-0.3, -0.25) is 4.84 Å². The van der Waals surface area contributed by atoms with Gasteiger partial charge in [-0.25, -0.2) is 5.90 Å². The molecule has 1 aromatic rings. The first-order valence-electron chi connectivity index (χ1n) is 5.15. The van der Waals surface area contributed by atoms with E-state index in [-0.39, 0.29) is 6.10 Å². The van der Waals surface area contributed by atoms with E-state index in [1.807, 2.05) is 0 Å². The Balaban J connectivity index is 2.06. The molecule has 0 amide bonds. The molecular formula is C11H15BrN2O. The van der Waals surface area contributed by atoms with Crippen LogP contribution in [0.2, 0.25) is 0 Å². The Bertz CT molecular complexity index is 315. The first kappa shape index (κ1) is 10.9. The summed E-state index contributed by atoms with van der Waals surface area (Å²) in [6.07, 6.45) is 2.36. The van der Waals surface area contributed by atoms with Crippen LogP contribution in [0.5, 0.6) is 0 Å². The minimum atomic E-state index is 0.169. The summed E-state index contributed by atoms with van der Waals surface area (Å²) in [6.45, 7) is 1.97. The van der Waals surface area contributed by atoms with Crippen LogP contribution in [-0.4, -0.2) is 19.2 Å². The Labute approximate surface area is 98.3 Å². The summed E-state index contributed by atoms with van der Waals surface area (Å²) in [4.78, 5) is 7.23. The number of hydrogen-bond acceptors (Lipinski definition) is 3. The van der Waals surface area contributed by atoms with Crippen molar-refractivity contribution in [3.63, 3.8) is 0 Å². The quantitative estimate of drug-likeness (QED) is 0.839. The lowest BCUT2D eigenvalue weighted by Gasteiger charge is -2.33. The molecule has 1 atom stereocenters. The number of hydrogen-bond donors (Lipinski definition) is 1. The van der Waals surface area contributed by atoms with Crippen LogP contribution in [-0.2, 0) is 4.84 Å². The molecule has 1 fully saturated rings. The maximum Gasteiger partial charge on any atom is 0.0962 e. The van der Waals surface area contributed by atoms with Crippen molar-refractivity contribution in [3.05, 3.63) is 28.7 Å². The molecule has 0 aliphatic carbocycles. The molecule has 1 aliphatic heterocycles. The second-order valence-corrected chi connectivity index (χ2v) is 4.74. The largest absolute Gasteiger partial charge is 0.369 e. The van der Waals surface area contributed by atoms with Gasteiger partial charge in [0.25, 0.3) is 0 Å². The van der Waals surface area contributed by atoms with Crippen LogP contribution in [0.3, 0.4) is 0 Å². The summed E-state index contributed by atoms with van der Waals surface area (Å²) in [7, 11) is 0. The molecule has 82 valence electrons. The van der Waals surface area contributed by atoms with Crippen LogP contribution in [0.4, 0.5) is 5.69 Å². The molecule has 0 saturated carbocycles. The van der Waals surface area contributed by atoms with Crippen molar-refractivity contribution in [3.8, 4) is 0 Å². The number of anilines is 1. The third-order valence-corrected chi connectivity index (χ3v) is 3.29. The SMILES string of the molecule is NOC1CCCN(c2ccc(Br)cc2)C1. The summed E-state index contributed by atoms with van der Waals surface area (Å²) in [6, 6.07) is 8.34. The van der Waals surface area contributed by atoms with Crippen molar-refractivity contribution in [2.24, 2.45) is 5.90 Å². The van der Waals surface area contributed by atoms with Gasteiger partial charge in [-0.2, -0.15) is 0 Å². The Hall–Kier alpha value is -0.580. The number of rotatable bonds is 2. The highest BCUT2D eigenvalue weighted by Gasteiger charge is 2.19. The van der Waals surface area contributed by atoms with Crippen LogP contribution in [0.25, 0.3) is 0 Å². The Morgan fingerprint density at radius 2 is 2.07 bits per heavy atom. The summed E-state index contributed by atoms with van der Waals surface area (Å²) in [5.74, 6) is 5.23. The highest BCUT2D eigenvalue weighted by atomic mass is 79.9. The number of halogens is 1. The van der Waals surface area contributed by atoms with Crippen molar-refractivity contribution >= 4 is 21.6 Å². The molecule has 1 heterocycles. The fraction of sp³-hybridized carbons (Fsp3) is 0.455. The summed E-state index contributed by atoms with van der Waals surface area (Å²) >= 11 is 3.43. The van der Waals surface area contributed by atoms with E-state index < -0.39 is 0 Å². The predicted molar refractivity (Wildman–Crippen MR) is 64.6 cm³/mol. The summed E-state index contributed by atoms with van der Waals surface area (Å²) < 4.78 is 1.11. The lowest BCUT2D eigenvalue weighted by molar-refractivity contribution is 0.0435. The topological polar surface area (TPSA) is 38.5 Å². The molecule has 0 radical (unpaired) electrons. The summed E-state index contributed by atoms with van der Waals surface area (Å²) in [5.41, 5.74) is 1.24. The van der Waals surface area contributed by atoms with Crippen molar-refractivity contribution in [1.29, 1.82) is 0 Å². The predicted octanol–water partition coefficient (Wildman–Crippen LogP) is 2.31. The minimum Gasteiger partial charge on any atom is -0.369 e. The highest BCUT2D eigenvalue weighted by Crippen LogP contribution is 2.22. The molecule has 3 nitrogen and oxygen atoms in total. The molecule has 1 unspecified atom stereocenters. The zero-order valence-electron chi connectivity index (χ0n) is 8.53. The van der Waals surface area contributed by atoms with Crippen LogP contribution in [0.15, 0.2) is 28.7 Å². The molecule has 2 N–H and O–H groups in total. The normalized spacial score (nSPS) is 21.7. The molecule has 0 spiro atoms. The second-order valence-electron chi connectivity index (χ2n) is 3.82. The molecule has 15 heavy (non-hydrogen) atoms. The van der Waals surface area contributed by atoms with E-state index >= 15 is 0 Å². The van der Waals surface area contributed by atoms with Gasteiger partial charge in [0.1, 0.15) is 0 Å². The molecule has 1 aromatic carbocycles. The van der Waals surface area contributed by atoms with Gasteiger partial charge in [0.05, 0.1) is 6.10 Å². The van der Waals surface area contributed by atoms with E-state index in [2.05, 4.69) is 45.1 Å². The lowest BCUT2D eigenvalue weighted by atomic mass is 10.1. The maximum atomic E-state index is 5.23. The number of nitrogens with two attached hydrogens (primary N) is 1. The third kappa shape index (κ3) is 2.71. The van der Waals surface area contributed by atoms with Gasteiger partial charge in [0, 0.05) is 23.2 Å². The maximum absolute atomic E-state index is 5.23. The molecular weight excluding hydrogens is 256 g/mol. The molecule has 1 aliphatic rings. The van der Waals surface area contributed by atoms with E-state index in [9.17, 15) is 0 Å². The van der Waals surface area contributed by atoms with Gasteiger partial charge >= 0.3 is 0 Å². The van der Waals surface area contributed by atoms with E-state index in [0.717, 1.165) is 30.4 Å². The average Bonchev–Trinajstić information content (AvgIpc) is 2.30. The van der Waals surface area contributed by atoms with Crippen molar-refractivity contribution in [2.75, 3.05) is 18.0 Å². The van der Waals surface area contributed by atoms with Gasteiger partial charge in [0.2, 0.25) is 0 Å². The minimum absolute atomic E-state index is 0.169. The fourth-order valence-electron chi connectivity index (χ4n) is 1.94. The van der Waals surface area contributed by atoms with E-state index in [4.69, 9.17) is 10.7 Å². The molecule has 2 rings (SSSR count). The second kappa shape index (κ2) is 4.96. The molecule has 0 aromatic heterocycles. The Kier molecular flexibility index (Phi) is 3.61. The number of nitrogens with zero attached hydrogens (tertiary/aromatic N) is 1. The average molecular weight is 271 g/mol. The molecule has 0 bridgehead atoms. The van der Waals surface area contributed by atoms with Crippen molar-refractivity contribution in [2.45, 2.75) is 18.9 Å². The standard InChI is InChI=1S/C11H15BrN2O/c12-9-3-5-10(6-4-9)14-7-1-2-11(8-14)15-13/h3-6,11H,1-2,7-8,13H2. The van der Waals surface area contributed by atoms with Crippen LogP contribution in [0, 0.1) is 0 Å². The lowest BCUT2D eigenvalue weighted by Crippen LogP contribution is -2.40. The van der Waals surface area contributed by atoms with Crippen molar-refractivity contribution < 1.29 is 4.84 Å².